The molecule has 2 heterocycles. The molecule has 1 amide bonds. The van der Waals surface area contributed by atoms with Crippen LogP contribution in [-0.4, -0.2) is 55.5 Å². The Hall–Kier alpha value is -1.39. The van der Waals surface area contributed by atoms with Crippen molar-refractivity contribution in [3.05, 3.63) is 35.4 Å². The van der Waals surface area contributed by atoms with Crippen molar-refractivity contribution in [3.8, 4) is 0 Å². The molecule has 1 aromatic carbocycles. The van der Waals surface area contributed by atoms with Gasteiger partial charge in [-0.2, -0.15) is 0 Å². The van der Waals surface area contributed by atoms with Crippen molar-refractivity contribution in [3.63, 3.8) is 0 Å². The quantitative estimate of drug-likeness (QED) is 0.921. The van der Waals surface area contributed by atoms with E-state index in [0.29, 0.717) is 0 Å². The smallest absolute Gasteiger partial charge is 0.220 e. The Morgan fingerprint density at radius 2 is 1.95 bits per heavy atom. The summed E-state index contributed by atoms with van der Waals surface area (Å²) in [5.74, 6) is 0.221. The molecule has 120 valence electrons. The van der Waals surface area contributed by atoms with Crippen LogP contribution in [0.3, 0.4) is 0 Å². The molecule has 0 saturated carbocycles. The summed E-state index contributed by atoms with van der Waals surface area (Å²) in [5.41, 5.74) is 2.75. The van der Waals surface area contributed by atoms with Crippen molar-refractivity contribution in [2.75, 3.05) is 39.8 Å². The number of likely N-dealkylation sites (tertiary alicyclic amines) is 1. The van der Waals surface area contributed by atoms with Crippen molar-refractivity contribution < 1.29 is 4.79 Å². The molecule has 2 aliphatic heterocycles. The van der Waals surface area contributed by atoms with Gasteiger partial charge in [-0.3, -0.25) is 4.79 Å². The molecule has 0 aromatic heterocycles. The Morgan fingerprint density at radius 1 is 1.23 bits per heavy atom. The molecule has 1 spiro atoms. The summed E-state index contributed by atoms with van der Waals surface area (Å²) >= 11 is 0. The molecule has 1 N–H and O–H groups in total. The second-order valence-electron chi connectivity index (χ2n) is 6.55. The van der Waals surface area contributed by atoms with Gasteiger partial charge in [0.05, 0.1) is 5.54 Å². The number of likely N-dealkylation sites (N-methyl/N-ethyl adjacent to an activating group) is 1. The Labute approximate surface area is 133 Å². The maximum absolute atomic E-state index is 12.2. The number of hydrogen-bond acceptors (Lipinski definition) is 3. The van der Waals surface area contributed by atoms with E-state index >= 15 is 0 Å². The lowest BCUT2D eigenvalue weighted by atomic mass is 9.74. The minimum absolute atomic E-state index is 0.0726. The zero-order valence-electron chi connectivity index (χ0n) is 13.8. The highest BCUT2D eigenvalue weighted by Gasteiger charge is 2.45. The monoisotopic (exact) mass is 301 g/mol. The highest BCUT2D eigenvalue weighted by molar-refractivity contribution is 5.75. The number of carbonyl (C=O) groups excluding carboxylic acids is 1. The molecule has 1 fully saturated rings. The summed E-state index contributed by atoms with van der Waals surface area (Å²) in [4.78, 5) is 16.9. The maximum Gasteiger partial charge on any atom is 0.220 e. The van der Waals surface area contributed by atoms with Gasteiger partial charge in [0.25, 0.3) is 0 Å². The van der Waals surface area contributed by atoms with Crippen LogP contribution in [0.25, 0.3) is 0 Å². The van der Waals surface area contributed by atoms with Gasteiger partial charge in [-0.05, 0) is 37.4 Å². The number of rotatable bonds is 3. The predicted octanol–water partition coefficient (Wildman–Crippen LogP) is 1.60. The molecule has 0 radical (unpaired) electrons. The lowest BCUT2D eigenvalue weighted by Gasteiger charge is -2.52. The average Bonchev–Trinajstić information content (AvgIpc) is 2.54. The van der Waals surface area contributed by atoms with E-state index in [2.05, 4.69) is 39.4 Å². The van der Waals surface area contributed by atoms with Crippen LogP contribution in [0.2, 0.25) is 0 Å². The molecule has 1 saturated heterocycles. The van der Waals surface area contributed by atoms with E-state index < -0.39 is 0 Å². The highest BCUT2D eigenvalue weighted by Crippen LogP contribution is 2.43. The van der Waals surface area contributed by atoms with Crippen molar-refractivity contribution >= 4 is 5.91 Å². The summed E-state index contributed by atoms with van der Waals surface area (Å²) in [7, 11) is 2.00. The predicted molar refractivity (Wildman–Crippen MR) is 88.8 cm³/mol. The second kappa shape index (κ2) is 6.39. The van der Waals surface area contributed by atoms with E-state index in [-0.39, 0.29) is 11.4 Å². The maximum atomic E-state index is 12.2. The first-order valence-electron chi connectivity index (χ1n) is 8.41. The summed E-state index contributed by atoms with van der Waals surface area (Å²) in [6, 6.07) is 8.73. The lowest BCUT2D eigenvalue weighted by molar-refractivity contribution is -0.139. The van der Waals surface area contributed by atoms with Crippen molar-refractivity contribution in [2.45, 2.75) is 31.7 Å². The van der Waals surface area contributed by atoms with Crippen LogP contribution >= 0.6 is 0 Å². The Bertz CT molecular complexity index is 535. The Morgan fingerprint density at radius 3 is 2.64 bits per heavy atom. The fraction of sp³-hybridized carbons (Fsp3) is 0.611. The normalized spacial score (nSPS) is 20.9. The van der Waals surface area contributed by atoms with Crippen LogP contribution in [0.1, 0.15) is 30.9 Å². The number of fused-ring (bicyclic) bond motifs is 2. The van der Waals surface area contributed by atoms with Crippen LogP contribution in [-0.2, 0) is 16.8 Å². The van der Waals surface area contributed by atoms with Crippen molar-refractivity contribution in [2.24, 2.45) is 0 Å². The molecule has 0 unspecified atom stereocenters. The van der Waals surface area contributed by atoms with Gasteiger partial charge in [0.15, 0.2) is 0 Å². The summed E-state index contributed by atoms with van der Waals surface area (Å²) < 4.78 is 0. The van der Waals surface area contributed by atoms with Gasteiger partial charge in [-0.15, -0.1) is 0 Å². The summed E-state index contributed by atoms with van der Waals surface area (Å²) in [6.07, 6.45) is 3.08. The van der Waals surface area contributed by atoms with Gasteiger partial charge >= 0.3 is 0 Å². The molecule has 0 aliphatic carbocycles. The summed E-state index contributed by atoms with van der Waals surface area (Å²) in [5, 5.41) is 3.22. The molecule has 1 aromatic rings. The molecule has 2 aliphatic rings. The first kappa shape index (κ1) is 15.5. The molecule has 4 heteroatoms. The van der Waals surface area contributed by atoms with E-state index in [9.17, 15) is 4.79 Å². The van der Waals surface area contributed by atoms with E-state index in [4.69, 9.17) is 0 Å². The zero-order valence-corrected chi connectivity index (χ0v) is 13.8. The third-order valence-electron chi connectivity index (χ3n) is 5.38. The van der Waals surface area contributed by atoms with Gasteiger partial charge in [0, 0.05) is 39.6 Å². The fourth-order valence-electron chi connectivity index (χ4n) is 4.20. The Kier molecular flexibility index (Phi) is 4.50. The number of nitrogens with one attached hydrogen (secondary N) is 1. The summed E-state index contributed by atoms with van der Waals surface area (Å²) in [6.45, 7) is 6.85. The lowest BCUT2D eigenvalue weighted by Crippen LogP contribution is -2.58. The highest BCUT2D eigenvalue weighted by atomic mass is 16.2. The third-order valence-corrected chi connectivity index (χ3v) is 5.38. The SMILES string of the molecule is CNCCN1CCC2(CC1)c1ccccc1CCN2C(C)=O. The number of piperidine rings is 1. The molecular formula is C18H27N3O. The van der Waals surface area contributed by atoms with Crippen molar-refractivity contribution in [1.29, 1.82) is 0 Å². The molecule has 0 bridgehead atoms. The minimum atomic E-state index is -0.0726. The van der Waals surface area contributed by atoms with Crippen LogP contribution in [0, 0.1) is 0 Å². The zero-order chi connectivity index (χ0) is 15.6. The number of hydrogen-bond donors (Lipinski definition) is 1. The van der Waals surface area contributed by atoms with Gasteiger partial charge in [0.1, 0.15) is 0 Å². The first-order chi connectivity index (χ1) is 10.7. The molecule has 4 nitrogen and oxygen atoms in total. The van der Waals surface area contributed by atoms with E-state index in [1.807, 2.05) is 7.05 Å². The van der Waals surface area contributed by atoms with E-state index in [1.54, 1.807) is 6.92 Å². The molecule has 22 heavy (non-hydrogen) atoms. The average molecular weight is 301 g/mol. The first-order valence-corrected chi connectivity index (χ1v) is 8.41. The van der Waals surface area contributed by atoms with Crippen LogP contribution in [0.15, 0.2) is 24.3 Å². The third kappa shape index (κ3) is 2.66. The van der Waals surface area contributed by atoms with Gasteiger partial charge in [-0.1, -0.05) is 24.3 Å². The number of amides is 1. The number of nitrogens with zero attached hydrogens (tertiary/aromatic N) is 2. The number of benzene rings is 1. The van der Waals surface area contributed by atoms with Crippen molar-refractivity contribution in [1.82, 2.24) is 15.1 Å². The molecule has 0 atom stereocenters. The fourth-order valence-corrected chi connectivity index (χ4v) is 4.20. The van der Waals surface area contributed by atoms with Gasteiger partial charge in [-0.25, -0.2) is 0 Å². The minimum Gasteiger partial charge on any atom is -0.333 e. The van der Waals surface area contributed by atoms with E-state index in [0.717, 1.165) is 52.0 Å². The van der Waals surface area contributed by atoms with Crippen LogP contribution < -0.4 is 5.32 Å². The standard InChI is InChI=1S/C18H27N3O/c1-15(22)21-11-7-16-5-3-4-6-17(16)18(21)8-12-20(13-9-18)14-10-19-2/h3-6,19H,7-14H2,1-2H3. The van der Waals surface area contributed by atoms with E-state index in [1.165, 1.54) is 11.1 Å². The molecule has 3 rings (SSSR count). The Balaban J connectivity index is 1.87. The topological polar surface area (TPSA) is 35.6 Å². The van der Waals surface area contributed by atoms with Gasteiger partial charge < -0.3 is 15.1 Å². The van der Waals surface area contributed by atoms with Crippen LogP contribution in [0.4, 0.5) is 0 Å². The largest absolute Gasteiger partial charge is 0.333 e. The molecular weight excluding hydrogens is 274 g/mol. The number of carbonyl (C=O) groups is 1. The second-order valence-corrected chi connectivity index (χ2v) is 6.55. The van der Waals surface area contributed by atoms with Crippen LogP contribution in [0.5, 0.6) is 0 Å². The van der Waals surface area contributed by atoms with Gasteiger partial charge in [0.2, 0.25) is 5.91 Å².